The van der Waals surface area contributed by atoms with Gasteiger partial charge in [0.15, 0.2) is 0 Å². The number of hydrogen-bond acceptors (Lipinski definition) is 4. The van der Waals surface area contributed by atoms with E-state index < -0.39 is 0 Å². The second-order valence-electron chi connectivity index (χ2n) is 2.07. The Bertz CT molecular complexity index is 238. The molecule has 1 N–H and O–H groups in total. The molecule has 0 aliphatic heterocycles. The molecule has 0 aliphatic rings. The number of aryl methyl sites for hydroxylation is 1. The first kappa shape index (κ1) is 13.9. The van der Waals surface area contributed by atoms with Gasteiger partial charge in [-0.2, -0.15) is 5.10 Å². The average Bonchev–Trinajstić information content (AvgIpc) is 2.34. The normalized spacial score (nSPS) is 10.8. The van der Waals surface area contributed by atoms with Gasteiger partial charge in [-0.3, -0.25) is 4.68 Å². The second kappa shape index (κ2) is 5.95. The van der Waals surface area contributed by atoms with Crippen LogP contribution in [-0.2, 0) is 4.79 Å². The van der Waals surface area contributed by atoms with Crippen LogP contribution in [0.15, 0.2) is 6.33 Å². The van der Waals surface area contributed by atoms with Crippen molar-refractivity contribution in [2.45, 2.75) is 19.9 Å². The van der Waals surface area contributed by atoms with E-state index in [4.69, 9.17) is 0 Å². The molecule has 12 heavy (non-hydrogen) atoms. The summed E-state index contributed by atoms with van der Waals surface area (Å²) < 4.78 is 1.47. The molecule has 1 aromatic heterocycles. The molecule has 0 bridgehead atoms. The second-order valence-corrected chi connectivity index (χ2v) is 2.07. The molecule has 62 valence electrons. The Morgan fingerprint density at radius 3 is 2.58 bits per heavy atom. The molecule has 6 heteroatoms. The molecule has 0 spiro atoms. The maximum absolute atomic E-state index is 10.1. The summed E-state index contributed by atoms with van der Waals surface area (Å²) in [4.78, 5) is 14.0. The molecule has 1 rings (SSSR count). The van der Waals surface area contributed by atoms with Gasteiger partial charge in [-0.1, -0.05) is 6.92 Å². The van der Waals surface area contributed by atoms with E-state index in [2.05, 4.69) is 10.1 Å². The fraction of sp³-hybridized carbons (Fsp3) is 0.500. The SMILES string of the molecule is Cc1ncn([C@@H](C)[C-]=O)n1.[Li+].[OH-]. The summed E-state index contributed by atoms with van der Waals surface area (Å²) in [5, 5.41) is 3.92. The third-order valence-corrected chi connectivity index (χ3v) is 1.19. The minimum atomic E-state index is -0.332. The average molecular weight is 162 g/mol. The molecular formula is C6H9LiN3O2-. The van der Waals surface area contributed by atoms with Crippen LogP contribution in [0.1, 0.15) is 18.8 Å². The smallest absolute Gasteiger partial charge is 0.870 e. The van der Waals surface area contributed by atoms with Crippen LogP contribution in [0, 0.1) is 6.92 Å². The quantitative estimate of drug-likeness (QED) is 0.345. The standard InChI is InChI=1S/C6H8N3O.Li.H2O/c1-5(3-10)9-4-7-6(2)8-9;;/h4-5H,1-2H3;;1H2/q-1;+1;/p-1/t5-;;/m0../s1. The van der Waals surface area contributed by atoms with Crippen LogP contribution in [0.2, 0.25) is 0 Å². The molecular weight excluding hydrogens is 153 g/mol. The van der Waals surface area contributed by atoms with Gasteiger partial charge in [0, 0.05) is 0 Å². The molecule has 1 aromatic rings. The van der Waals surface area contributed by atoms with Gasteiger partial charge in [0.05, 0.1) is 0 Å². The predicted molar refractivity (Wildman–Crippen MR) is 37.1 cm³/mol. The van der Waals surface area contributed by atoms with E-state index in [1.54, 1.807) is 20.1 Å². The summed E-state index contributed by atoms with van der Waals surface area (Å²) in [5.74, 6) is 0.669. The van der Waals surface area contributed by atoms with Gasteiger partial charge in [-0.05, 0) is 13.0 Å². The van der Waals surface area contributed by atoms with Crippen molar-refractivity contribution in [3.63, 3.8) is 0 Å². The van der Waals surface area contributed by atoms with Crippen molar-refractivity contribution < 1.29 is 29.1 Å². The van der Waals surface area contributed by atoms with Crippen LogP contribution in [0.4, 0.5) is 0 Å². The predicted octanol–water partition coefficient (Wildman–Crippen LogP) is -2.92. The Balaban J connectivity index is 0. The molecule has 0 amide bonds. The van der Waals surface area contributed by atoms with E-state index in [1.807, 2.05) is 0 Å². The summed E-state index contributed by atoms with van der Waals surface area (Å²) in [7, 11) is 0. The van der Waals surface area contributed by atoms with Crippen molar-refractivity contribution in [2.75, 3.05) is 0 Å². The largest absolute Gasteiger partial charge is 1.00 e. The zero-order valence-corrected chi connectivity index (χ0v) is 7.35. The first-order chi connectivity index (χ1) is 4.74. The van der Waals surface area contributed by atoms with Gasteiger partial charge < -0.3 is 10.3 Å². The monoisotopic (exact) mass is 162 g/mol. The van der Waals surface area contributed by atoms with Gasteiger partial charge in [-0.25, -0.2) is 11.3 Å². The molecule has 0 saturated carbocycles. The van der Waals surface area contributed by atoms with Crippen molar-refractivity contribution >= 4 is 6.29 Å². The van der Waals surface area contributed by atoms with E-state index in [0.29, 0.717) is 5.82 Å². The van der Waals surface area contributed by atoms with Crippen LogP contribution < -0.4 is 18.9 Å². The van der Waals surface area contributed by atoms with Crippen molar-refractivity contribution in [2.24, 2.45) is 0 Å². The van der Waals surface area contributed by atoms with Crippen LogP contribution in [0.5, 0.6) is 0 Å². The molecule has 0 unspecified atom stereocenters. The van der Waals surface area contributed by atoms with Gasteiger partial charge in [-0.15, -0.1) is 0 Å². The molecule has 0 radical (unpaired) electrons. The topological polar surface area (TPSA) is 77.8 Å². The van der Waals surface area contributed by atoms with E-state index in [9.17, 15) is 4.79 Å². The third-order valence-electron chi connectivity index (χ3n) is 1.19. The van der Waals surface area contributed by atoms with E-state index >= 15 is 0 Å². The van der Waals surface area contributed by atoms with Gasteiger partial charge in [0.2, 0.25) is 0 Å². The zero-order valence-electron chi connectivity index (χ0n) is 7.35. The first-order valence-electron chi connectivity index (χ1n) is 2.99. The number of hydrogen-bond donors (Lipinski definition) is 0. The molecule has 0 aliphatic carbocycles. The molecule has 1 atom stereocenters. The minimum absolute atomic E-state index is 0. The van der Waals surface area contributed by atoms with Crippen LogP contribution >= 0.6 is 0 Å². The molecule has 5 nitrogen and oxygen atoms in total. The van der Waals surface area contributed by atoms with E-state index in [-0.39, 0.29) is 30.4 Å². The fourth-order valence-corrected chi connectivity index (χ4v) is 0.602. The Kier molecular flexibility index (Phi) is 6.90. The van der Waals surface area contributed by atoms with Gasteiger partial charge in [0.25, 0.3) is 0 Å². The minimum Gasteiger partial charge on any atom is -0.870 e. The van der Waals surface area contributed by atoms with Gasteiger partial charge in [0.1, 0.15) is 12.2 Å². The van der Waals surface area contributed by atoms with Crippen LogP contribution in [0.3, 0.4) is 0 Å². The summed E-state index contributed by atoms with van der Waals surface area (Å²) in [5.41, 5.74) is 0. The Morgan fingerprint density at radius 1 is 1.67 bits per heavy atom. The summed E-state index contributed by atoms with van der Waals surface area (Å²) in [6, 6.07) is -0.332. The van der Waals surface area contributed by atoms with Crippen LogP contribution in [0.25, 0.3) is 0 Å². The third kappa shape index (κ3) is 3.18. The van der Waals surface area contributed by atoms with Crippen molar-refractivity contribution in [3.8, 4) is 0 Å². The zero-order chi connectivity index (χ0) is 7.56. The first-order valence-corrected chi connectivity index (χ1v) is 2.99. The molecule has 0 aromatic carbocycles. The summed E-state index contributed by atoms with van der Waals surface area (Å²) >= 11 is 0. The molecule has 0 saturated heterocycles. The maximum Gasteiger partial charge on any atom is 1.00 e. The van der Waals surface area contributed by atoms with Crippen molar-refractivity contribution in [1.82, 2.24) is 14.8 Å². The van der Waals surface area contributed by atoms with E-state index in [1.165, 1.54) is 11.0 Å². The Morgan fingerprint density at radius 2 is 2.25 bits per heavy atom. The Hall–Kier alpha value is -0.633. The van der Waals surface area contributed by atoms with E-state index in [0.717, 1.165) is 0 Å². The van der Waals surface area contributed by atoms with Gasteiger partial charge >= 0.3 is 18.9 Å². The summed E-state index contributed by atoms with van der Waals surface area (Å²) in [6.07, 6.45) is 3.32. The molecule has 0 fully saturated rings. The summed E-state index contributed by atoms with van der Waals surface area (Å²) in [6.45, 7) is 3.48. The van der Waals surface area contributed by atoms with Crippen molar-refractivity contribution in [1.29, 1.82) is 0 Å². The maximum atomic E-state index is 10.1. The molecule has 1 heterocycles. The number of aromatic nitrogens is 3. The van der Waals surface area contributed by atoms with Crippen molar-refractivity contribution in [3.05, 3.63) is 12.2 Å². The Labute approximate surface area is 82.7 Å². The van der Waals surface area contributed by atoms with Crippen LogP contribution in [-0.4, -0.2) is 26.5 Å². The fourth-order valence-electron chi connectivity index (χ4n) is 0.602. The number of rotatable bonds is 2. The number of carbonyl (C=O) groups excluding carboxylic acids is 1. The number of nitrogens with zero attached hydrogens (tertiary/aromatic N) is 3.